The molecule has 0 aromatic heterocycles. The molecular weight excluding hydrogens is 290 g/mol. The number of halogens is 1. The zero-order valence-electron chi connectivity index (χ0n) is 11.0. The van der Waals surface area contributed by atoms with E-state index in [1.54, 1.807) is 0 Å². The summed E-state index contributed by atoms with van der Waals surface area (Å²) >= 11 is 3.46. The van der Waals surface area contributed by atoms with Gasteiger partial charge in [-0.05, 0) is 56.8 Å². The van der Waals surface area contributed by atoms with E-state index in [-0.39, 0.29) is 0 Å². The monoisotopic (exact) mass is 311 g/mol. The Hall–Kier alpha value is -0.380. The molecule has 0 radical (unpaired) electrons. The molecule has 2 atom stereocenters. The third-order valence-electron chi connectivity index (χ3n) is 3.44. The minimum Gasteiger partial charge on any atom is -0.378 e. The summed E-state index contributed by atoms with van der Waals surface area (Å²) in [6.45, 7) is 4.26. The van der Waals surface area contributed by atoms with Crippen LogP contribution in [0, 0.1) is 0 Å². The molecule has 1 aromatic carbocycles. The molecule has 100 valence electrons. The Morgan fingerprint density at radius 3 is 2.83 bits per heavy atom. The summed E-state index contributed by atoms with van der Waals surface area (Å²) in [6, 6.07) is 9.10. The van der Waals surface area contributed by atoms with Crippen molar-refractivity contribution in [3.63, 3.8) is 0 Å². The molecule has 1 N–H and O–H groups in total. The average molecular weight is 312 g/mol. The fraction of sp³-hybridized carbons (Fsp3) is 0.600. The van der Waals surface area contributed by atoms with Crippen molar-refractivity contribution in [1.29, 1.82) is 0 Å². The Balaban J connectivity index is 1.65. The van der Waals surface area contributed by atoms with Gasteiger partial charge in [-0.3, -0.25) is 0 Å². The van der Waals surface area contributed by atoms with Gasteiger partial charge in [-0.2, -0.15) is 0 Å². The van der Waals surface area contributed by atoms with Gasteiger partial charge >= 0.3 is 0 Å². The average Bonchev–Trinajstić information content (AvgIpc) is 2.85. The minimum atomic E-state index is 0.498. The molecule has 3 heteroatoms. The number of hydrogen-bond donors (Lipinski definition) is 1. The highest BCUT2D eigenvalue weighted by Gasteiger charge is 2.14. The number of ether oxygens (including phenoxy) is 1. The van der Waals surface area contributed by atoms with Gasteiger partial charge in [0.15, 0.2) is 0 Å². The van der Waals surface area contributed by atoms with E-state index in [0.29, 0.717) is 12.1 Å². The van der Waals surface area contributed by atoms with E-state index in [4.69, 9.17) is 4.74 Å². The van der Waals surface area contributed by atoms with Crippen molar-refractivity contribution in [3.8, 4) is 0 Å². The first-order valence-electron chi connectivity index (χ1n) is 6.83. The maximum absolute atomic E-state index is 5.62. The Morgan fingerprint density at radius 1 is 1.39 bits per heavy atom. The van der Waals surface area contributed by atoms with Crippen molar-refractivity contribution in [3.05, 3.63) is 34.3 Å². The number of hydrogen-bond acceptors (Lipinski definition) is 2. The van der Waals surface area contributed by atoms with Crippen LogP contribution in [0.3, 0.4) is 0 Å². The topological polar surface area (TPSA) is 21.3 Å². The van der Waals surface area contributed by atoms with Gasteiger partial charge in [-0.15, -0.1) is 0 Å². The van der Waals surface area contributed by atoms with Gasteiger partial charge in [0.1, 0.15) is 0 Å². The highest BCUT2D eigenvalue weighted by molar-refractivity contribution is 9.10. The van der Waals surface area contributed by atoms with Gasteiger partial charge in [0.05, 0.1) is 6.10 Å². The fourth-order valence-electron chi connectivity index (χ4n) is 2.41. The third-order valence-corrected chi connectivity index (χ3v) is 3.97. The van der Waals surface area contributed by atoms with Crippen LogP contribution in [0.4, 0.5) is 0 Å². The van der Waals surface area contributed by atoms with E-state index < -0.39 is 0 Å². The van der Waals surface area contributed by atoms with E-state index in [1.165, 1.54) is 18.4 Å². The van der Waals surface area contributed by atoms with Crippen LogP contribution >= 0.6 is 15.9 Å². The van der Waals surface area contributed by atoms with Crippen molar-refractivity contribution >= 4 is 15.9 Å². The van der Waals surface area contributed by atoms with Crippen molar-refractivity contribution in [2.45, 2.75) is 44.8 Å². The first kappa shape index (κ1) is 14.0. The quantitative estimate of drug-likeness (QED) is 0.867. The van der Waals surface area contributed by atoms with Crippen LogP contribution in [0.25, 0.3) is 0 Å². The van der Waals surface area contributed by atoms with Crippen LogP contribution in [0.2, 0.25) is 0 Å². The predicted molar refractivity (Wildman–Crippen MR) is 78.9 cm³/mol. The molecule has 0 saturated carbocycles. The second-order valence-corrected chi connectivity index (χ2v) is 6.03. The van der Waals surface area contributed by atoms with Crippen LogP contribution in [0.5, 0.6) is 0 Å². The van der Waals surface area contributed by atoms with Crippen molar-refractivity contribution in [2.75, 3.05) is 13.2 Å². The Kier molecular flexibility index (Phi) is 5.67. The molecule has 1 aromatic rings. The van der Waals surface area contributed by atoms with Gasteiger partial charge in [0.2, 0.25) is 0 Å². The van der Waals surface area contributed by atoms with Crippen molar-refractivity contribution in [1.82, 2.24) is 5.32 Å². The maximum Gasteiger partial charge on any atom is 0.0588 e. The molecular formula is C15H22BrNO. The molecule has 1 aliphatic heterocycles. The number of benzene rings is 1. The maximum atomic E-state index is 5.62. The highest BCUT2D eigenvalue weighted by atomic mass is 79.9. The number of nitrogens with one attached hydrogen (secondary N) is 1. The summed E-state index contributed by atoms with van der Waals surface area (Å²) in [4.78, 5) is 0. The van der Waals surface area contributed by atoms with Gasteiger partial charge < -0.3 is 10.1 Å². The second kappa shape index (κ2) is 7.27. The van der Waals surface area contributed by atoms with Gasteiger partial charge in [-0.25, -0.2) is 0 Å². The first-order chi connectivity index (χ1) is 8.74. The highest BCUT2D eigenvalue weighted by Crippen LogP contribution is 2.15. The standard InChI is InChI=1S/C15H22BrNO/c1-12(11-13-4-6-14(16)7-5-13)17-9-8-15-3-2-10-18-15/h4-7,12,15,17H,2-3,8-11H2,1H3. The lowest BCUT2D eigenvalue weighted by Crippen LogP contribution is -2.30. The number of rotatable bonds is 6. The Bertz CT molecular complexity index is 346. The Labute approximate surface area is 118 Å². The van der Waals surface area contributed by atoms with E-state index in [1.807, 2.05) is 0 Å². The van der Waals surface area contributed by atoms with Crippen molar-refractivity contribution in [2.24, 2.45) is 0 Å². The van der Waals surface area contributed by atoms with Crippen LogP contribution in [0.1, 0.15) is 31.7 Å². The molecule has 0 spiro atoms. The van der Waals surface area contributed by atoms with E-state index in [9.17, 15) is 0 Å². The van der Waals surface area contributed by atoms with Gasteiger partial charge in [0, 0.05) is 17.1 Å². The van der Waals surface area contributed by atoms with Crippen LogP contribution in [0.15, 0.2) is 28.7 Å². The van der Waals surface area contributed by atoms with E-state index in [0.717, 1.165) is 30.5 Å². The van der Waals surface area contributed by atoms with E-state index >= 15 is 0 Å². The SMILES string of the molecule is CC(Cc1ccc(Br)cc1)NCCC1CCCO1. The summed E-state index contributed by atoms with van der Waals surface area (Å²) in [5.74, 6) is 0. The second-order valence-electron chi connectivity index (χ2n) is 5.11. The van der Waals surface area contributed by atoms with Crippen molar-refractivity contribution < 1.29 is 4.74 Å². The lowest BCUT2D eigenvalue weighted by Gasteiger charge is -2.16. The minimum absolute atomic E-state index is 0.498. The predicted octanol–water partition coefficient (Wildman–Crippen LogP) is 3.54. The lowest BCUT2D eigenvalue weighted by molar-refractivity contribution is 0.103. The lowest BCUT2D eigenvalue weighted by atomic mass is 10.1. The van der Waals surface area contributed by atoms with Crippen LogP contribution < -0.4 is 5.32 Å². The third kappa shape index (κ3) is 4.71. The molecule has 1 heterocycles. The summed E-state index contributed by atoms with van der Waals surface area (Å²) in [5.41, 5.74) is 1.38. The molecule has 1 saturated heterocycles. The molecule has 0 aliphatic carbocycles. The zero-order valence-corrected chi connectivity index (χ0v) is 12.6. The molecule has 2 rings (SSSR count). The largest absolute Gasteiger partial charge is 0.378 e. The molecule has 1 fully saturated rings. The molecule has 2 unspecified atom stereocenters. The summed E-state index contributed by atoms with van der Waals surface area (Å²) in [6.07, 6.45) is 5.20. The smallest absolute Gasteiger partial charge is 0.0588 e. The van der Waals surface area contributed by atoms with E-state index in [2.05, 4.69) is 52.4 Å². The molecule has 2 nitrogen and oxygen atoms in total. The Morgan fingerprint density at radius 2 is 2.17 bits per heavy atom. The molecule has 1 aliphatic rings. The summed E-state index contributed by atoms with van der Waals surface area (Å²) in [5, 5.41) is 3.58. The summed E-state index contributed by atoms with van der Waals surface area (Å²) < 4.78 is 6.76. The molecule has 0 bridgehead atoms. The summed E-state index contributed by atoms with van der Waals surface area (Å²) in [7, 11) is 0. The van der Waals surface area contributed by atoms with Crippen LogP contribution in [-0.2, 0) is 11.2 Å². The fourth-order valence-corrected chi connectivity index (χ4v) is 2.67. The zero-order chi connectivity index (χ0) is 12.8. The molecule has 0 amide bonds. The normalized spacial score (nSPS) is 21.1. The van der Waals surface area contributed by atoms with Gasteiger partial charge in [0.25, 0.3) is 0 Å². The first-order valence-corrected chi connectivity index (χ1v) is 7.63. The molecule has 18 heavy (non-hydrogen) atoms. The van der Waals surface area contributed by atoms with Crippen LogP contribution in [-0.4, -0.2) is 25.3 Å². The van der Waals surface area contributed by atoms with Gasteiger partial charge in [-0.1, -0.05) is 28.1 Å².